The number of carbonyl (C=O) groups excluding carboxylic acids is 1. The second-order valence-electron chi connectivity index (χ2n) is 9.65. The number of hydrogen-bond donors (Lipinski definition) is 3. The molecule has 41 heavy (non-hydrogen) atoms. The summed E-state index contributed by atoms with van der Waals surface area (Å²) in [5.74, 6) is 0.681. The quantitative estimate of drug-likeness (QED) is 0.307. The van der Waals surface area contributed by atoms with Crippen molar-refractivity contribution in [1.82, 2.24) is 29.9 Å². The molecular weight excluding hydrogens is 523 g/mol. The van der Waals surface area contributed by atoms with Gasteiger partial charge in [0.05, 0.1) is 29.6 Å². The van der Waals surface area contributed by atoms with Gasteiger partial charge in [-0.25, -0.2) is 24.8 Å². The molecule has 4 aromatic heterocycles. The molecule has 1 aromatic carbocycles. The Morgan fingerprint density at radius 2 is 1.90 bits per heavy atom. The van der Waals surface area contributed by atoms with E-state index in [0.717, 1.165) is 53.3 Å². The minimum Gasteiger partial charge on any atom is -0.383 e. The molecule has 0 bridgehead atoms. The number of amides is 1. The Morgan fingerprint density at radius 1 is 1.05 bits per heavy atom. The second-order valence-corrected chi connectivity index (χ2v) is 9.65. The average Bonchev–Trinajstić information content (AvgIpc) is 3.74. The summed E-state index contributed by atoms with van der Waals surface area (Å²) in [7, 11) is 0. The molecule has 206 valence electrons. The molecule has 0 saturated carbocycles. The standard InChI is InChI=1S/C22H20N8.C7H7FN2O/c23-20-17(5-2-10-24-20)21-27-18-8-9-19(30-25-11-12-26-30)28-22(18)29(21)16-7-6-14-3-1-4-15(14)13-16;1-4-6(7(9)11)2-5(8)3-10-4/h2,5-11,13,26H,1,3-4,12H2,(H2,23,24);2-3H,1H3,(H2,9,11). The predicted octanol–water partition coefficient (Wildman–Crippen LogP) is 3.49. The SMILES string of the molecule is Cc1ncc(F)cc1C(N)=O.Nc1ncccc1-c1nc2ccc(N3N=CCN3)nc2n1-c1ccc2c(c1)CCC2. The fraction of sp³-hybridized carbons (Fsp3) is 0.172. The Kier molecular flexibility index (Phi) is 6.81. The zero-order chi connectivity index (χ0) is 28.5. The van der Waals surface area contributed by atoms with Crippen LogP contribution in [0.15, 0.2) is 66.0 Å². The molecule has 0 fully saturated rings. The van der Waals surface area contributed by atoms with E-state index in [-0.39, 0.29) is 5.56 Å². The van der Waals surface area contributed by atoms with Crippen LogP contribution in [0.25, 0.3) is 28.2 Å². The molecule has 2 aliphatic rings. The lowest BCUT2D eigenvalue weighted by atomic mass is 10.1. The molecule has 0 atom stereocenters. The topological polar surface area (TPSA) is 153 Å². The van der Waals surface area contributed by atoms with Gasteiger partial charge in [0.25, 0.3) is 5.91 Å². The van der Waals surface area contributed by atoms with E-state index in [2.05, 4.69) is 43.3 Å². The highest BCUT2D eigenvalue weighted by Crippen LogP contribution is 2.33. The fourth-order valence-corrected chi connectivity index (χ4v) is 4.98. The Bertz CT molecular complexity index is 1820. The van der Waals surface area contributed by atoms with Gasteiger partial charge >= 0.3 is 0 Å². The summed E-state index contributed by atoms with van der Waals surface area (Å²) < 4.78 is 14.5. The van der Waals surface area contributed by atoms with Crippen LogP contribution >= 0.6 is 0 Å². The number of aromatic nitrogens is 5. The number of anilines is 2. The molecule has 0 radical (unpaired) electrons. The van der Waals surface area contributed by atoms with E-state index in [1.807, 2.05) is 30.5 Å². The Hall–Kier alpha value is -5.23. The molecule has 5 heterocycles. The molecule has 1 aliphatic carbocycles. The van der Waals surface area contributed by atoms with Crippen LogP contribution in [-0.4, -0.2) is 43.2 Å². The van der Waals surface area contributed by atoms with Crippen molar-refractivity contribution in [2.75, 3.05) is 17.4 Å². The van der Waals surface area contributed by atoms with Crippen LogP contribution in [0.3, 0.4) is 0 Å². The number of nitrogens with zero attached hydrogens (tertiary/aromatic N) is 7. The predicted molar refractivity (Wildman–Crippen MR) is 155 cm³/mol. The number of nitrogen functional groups attached to an aromatic ring is 1. The van der Waals surface area contributed by atoms with Crippen molar-refractivity contribution in [1.29, 1.82) is 0 Å². The lowest BCUT2D eigenvalue weighted by molar-refractivity contribution is 0.0999. The Balaban J connectivity index is 0.000000233. The number of carbonyl (C=O) groups is 1. The Morgan fingerprint density at radius 3 is 2.66 bits per heavy atom. The molecule has 7 rings (SSSR count). The molecule has 0 spiro atoms. The largest absolute Gasteiger partial charge is 0.383 e. The lowest BCUT2D eigenvalue weighted by Gasteiger charge is -2.14. The van der Waals surface area contributed by atoms with Crippen LogP contribution in [0.2, 0.25) is 0 Å². The van der Waals surface area contributed by atoms with Gasteiger partial charge < -0.3 is 11.5 Å². The van der Waals surface area contributed by atoms with E-state index in [1.165, 1.54) is 17.5 Å². The van der Waals surface area contributed by atoms with Gasteiger partial charge in [-0.1, -0.05) is 6.07 Å². The molecule has 0 unspecified atom stereocenters. The number of hydrogen-bond acceptors (Lipinski definition) is 9. The zero-order valence-electron chi connectivity index (χ0n) is 22.3. The van der Waals surface area contributed by atoms with E-state index in [0.29, 0.717) is 23.9 Å². The van der Waals surface area contributed by atoms with Gasteiger partial charge in [0.2, 0.25) is 0 Å². The molecule has 1 aliphatic heterocycles. The second kappa shape index (κ2) is 10.7. The third-order valence-corrected chi connectivity index (χ3v) is 6.97. The Labute approximate surface area is 234 Å². The van der Waals surface area contributed by atoms with Gasteiger partial charge in [-0.2, -0.15) is 10.2 Å². The number of nitrogens with two attached hydrogens (primary N) is 2. The summed E-state index contributed by atoms with van der Waals surface area (Å²) in [5.41, 5.74) is 21.1. The van der Waals surface area contributed by atoms with E-state index < -0.39 is 11.7 Å². The number of nitrogens with one attached hydrogen (secondary N) is 1. The van der Waals surface area contributed by atoms with Crippen LogP contribution in [-0.2, 0) is 12.8 Å². The third-order valence-electron chi connectivity index (χ3n) is 6.97. The van der Waals surface area contributed by atoms with Crippen molar-refractivity contribution in [3.05, 3.63) is 89.1 Å². The number of fused-ring (bicyclic) bond motifs is 2. The molecule has 5 aromatic rings. The smallest absolute Gasteiger partial charge is 0.250 e. The van der Waals surface area contributed by atoms with Gasteiger partial charge in [0, 0.05) is 18.1 Å². The van der Waals surface area contributed by atoms with Crippen molar-refractivity contribution in [3.63, 3.8) is 0 Å². The minimum atomic E-state index is -0.658. The van der Waals surface area contributed by atoms with Gasteiger partial charge in [-0.05, 0) is 79.8 Å². The number of imidazole rings is 1. The lowest BCUT2D eigenvalue weighted by Crippen LogP contribution is -2.29. The summed E-state index contributed by atoms with van der Waals surface area (Å²) in [4.78, 5) is 28.3. The highest BCUT2D eigenvalue weighted by Gasteiger charge is 2.21. The van der Waals surface area contributed by atoms with E-state index in [4.69, 9.17) is 21.4 Å². The number of benzene rings is 1. The number of pyridine rings is 3. The van der Waals surface area contributed by atoms with Crippen molar-refractivity contribution in [3.8, 4) is 17.1 Å². The number of halogens is 1. The number of aryl methyl sites for hydroxylation is 3. The minimum absolute atomic E-state index is 0.130. The van der Waals surface area contributed by atoms with E-state index in [1.54, 1.807) is 18.2 Å². The number of primary amides is 1. The number of hydrazine groups is 1. The summed E-state index contributed by atoms with van der Waals surface area (Å²) in [5, 5.41) is 5.99. The first-order valence-corrected chi connectivity index (χ1v) is 13.1. The average molecular weight is 551 g/mol. The number of hydrazone groups is 1. The van der Waals surface area contributed by atoms with Gasteiger partial charge in [0.15, 0.2) is 17.3 Å². The van der Waals surface area contributed by atoms with Crippen molar-refractivity contribution in [2.24, 2.45) is 10.8 Å². The summed E-state index contributed by atoms with van der Waals surface area (Å²) in [6.45, 7) is 2.28. The highest BCUT2D eigenvalue weighted by molar-refractivity contribution is 5.93. The molecular formula is C29H27FN10O. The van der Waals surface area contributed by atoms with Gasteiger partial charge in [-0.15, -0.1) is 0 Å². The molecule has 11 nitrogen and oxygen atoms in total. The van der Waals surface area contributed by atoms with Crippen molar-refractivity contribution >= 4 is 34.9 Å². The summed E-state index contributed by atoms with van der Waals surface area (Å²) in [6.07, 6.45) is 7.99. The first-order chi connectivity index (χ1) is 19.9. The van der Waals surface area contributed by atoms with Gasteiger partial charge in [0.1, 0.15) is 17.2 Å². The molecule has 12 heteroatoms. The highest BCUT2D eigenvalue weighted by atomic mass is 19.1. The van der Waals surface area contributed by atoms with Crippen LogP contribution in [0, 0.1) is 12.7 Å². The maximum absolute atomic E-state index is 12.4. The summed E-state index contributed by atoms with van der Waals surface area (Å²) >= 11 is 0. The molecule has 5 N–H and O–H groups in total. The molecule has 1 amide bonds. The fourth-order valence-electron chi connectivity index (χ4n) is 4.98. The third kappa shape index (κ3) is 5.08. The maximum atomic E-state index is 12.4. The zero-order valence-corrected chi connectivity index (χ0v) is 22.3. The van der Waals surface area contributed by atoms with Crippen molar-refractivity contribution in [2.45, 2.75) is 26.2 Å². The first-order valence-electron chi connectivity index (χ1n) is 13.1. The van der Waals surface area contributed by atoms with Crippen LogP contribution in [0.1, 0.15) is 33.6 Å². The van der Waals surface area contributed by atoms with Crippen LogP contribution in [0.4, 0.5) is 16.0 Å². The normalized spacial score (nSPS) is 13.8. The number of rotatable bonds is 4. The monoisotopic (exact) mass is 550 g/mol. The summed E-state index contributed by atoms with van der Waals surface area (Å²) in [6, 6.07) is 15.4. The van der Waals surface area contributed by atoms with E-state index >= 15 is 0 Å². The van der Waals surface area contributed by atoms with Crippen LogP contribution in [0.5, 0.6) is 0 Å². The van der Waals surface area contributed by atoms with Crippen molar-refractivity contribution < 1.29 is 9.18 Å². The van der Waals surface area contributed by atoms with Crippen LogP contribution < -0.4 is 22.0 Å². The first kappa shape index (κ1) is 26.0. The van der Waals surface area contributed by atoms with E-state index in [9.17, 15) is 9.18 Å². The molecule has 0 saturated heterocycles. The maximum Gasteiger partial charge on any atom is 0.250 e. The van der Waals surface area contributed by atoms with Gasteiger partial charge in [-0.3, -0.25) is 14.3 Å².